The molecule has 1 unspecified atom stereocenters. The molecule has 1 aliphatic heterocycles. The second kappa shape index (κ2) is 7.04. The Morgan fingerprint density at radius 1 is 1.12 bits per heavy atom. The van der Waals surface area contributed by atoms with Crippen LogP contribution >= 0.6 is 0 Å². The fourth-order valence-corrected chi connectivity index (χ4v) is 2.62. The molecule has 0 saturated carbocycles. The van der Waals surface area contributed by atoms with Gasteiger partial charge in [0.1, 0.15) is 19.0 Å². The first-order valence-electron chi connectivity index (χ1n) is 7.58. The first kappa shape index (κ1) is 15.9. The molecule has 1 N–H and O–H groups in total. The molecule has 0 bridgehead atoms. The van der Waals surface area contributed by atoms with E-state index >= 15 is 0 Å². The molecule has 2 aromatic carbocycles. The van der Waals surface area contributed by atoms with Gasteiger partial charge in [-0.15, -0.1) is 0 Å². The van der Waals surface area contributed by atoms with Crippen molar-refractivity contribution in [3.05, 3.63) is 60.2 Å². The molecule has 0 saturated heterocycles. The maximum atomic E-state index is 12.6. The van der Waals surface area contributed by atoms with E-state index in [0.29, 0.717) is 11.4 Å². The van der Waals surface area contributed by atoms with Gasteiger partial charge in [0.05, 0.1) is 18.2 Å². The number of aliphatic carboxylic acids is 1. The minimum Gasteiger partial charge on any atom is -0.489 e. The number of carbonyl (C=O) groups is 2. The number of carboxylic acid groups (broad SMARTS) is 1. The van der Waals surface area contributed by atoms with Gasteiger partial charge < -0.3 is 14.6 Å². The van der Waals surface area contributed by atoms with Gasteiger partial charge in [-0.3, -0.25) is 9.69 Å². The Morgan fingerprint density at radius 3 is 2.58 bits per heavy atom. The molecule has 3 rings (SSSR count). The van der Waals surface area contributed by atoms with E-state index in [1.54, 1.807) is 24.3 Å². The predicted octanol–water partition coefficient (Wildman–Crippen LogP) is 3.07. The predicted molar refractivity (Wildman–Crippen MR) is 87.1 cm³/mol. The van der Waals surface area contributed by atoms with E-state index in [1.165, 1.54) is 4.90 Å². The van der Waals surface area contributed by atoms with Crippen molar-refractivity contribution in [2.45, 2.75) is 19.1 Å². The second-order valence-corrected chi connectivity index (χ2v) is 5.44. The molecule has 0 spiro atoms. The zero-order chi connectivity index (χ0) is 16.9. The van der Waals surface area contributed by atoms with E-state index in [4.69, 9.17) is 14.6 Å². The number of hydrogen-bond donors (Lipinski definition) is 1. The normalized spacial score (nSPS) is 16.0. The topological polar surface area (TPSA) is 76.1 Å². The lowest BCUT2D eigenvalue weighted by Gasteiger charge is -2.35. The van der Waals surface area contributed by atoms with Crippen molar-refractivity contribution in [2.24, 2.45) is 0 Å². The largest absolute Gasteiger partial charge is 0.489 e. The number of rotatable bonds is 4. The third kappa shape index (κ3) is 3.48. The van der Waals surface area contributed by atoms with Crippen LogP contribution in [0, 0.1) is 0 Å². The van der Waals surface area contributed by atoms with Crippen molar-refractivity contribution in [2.75, 3.05) is 11.5 Å². The Morgan fingerprint density at radius 2 is 1.83 bits per heavy atom. The molecule has 0 aliphatic carbocycles. The molecule has 0 radical (unpaired) electrons. The summed E-state index contributed by atoms with van der Waals surface area (Å²) >= 11 is 0. The van der Waals surface area contributed by atoms with Crippen molar-refractivity contribution in [1.29, 1.82) is 0 Å². The lowest BCUT2D eigenvalue weighted by Crippen LogP contribution is -2.48. The average Bonchev–Trinajstić information content (AvgIpc) is 2.60. The number of amides is 1. The molecule has 0 aromatic heterocycles. The molecule has 0 fully saturated rings. The molecule has 24 heavy (non-hydrogen) atoms. The van der Waals surface area contributed by atoms with E-state index in [1.807, 2.05) is 30.3 Å². The summed E-state index contributed by atoms with van der Waals surface area (Å²) in [6, 6.07) is 15.7. The van der Waals surface area contributed by atoms with Gasteiger partial charge in [0.25, 0.3) is 0 Å². The van der Waals surface area contributed by atoms with Crippen LogP contribution in [-0.4, -0.2) is 29.8 Å². The monoisotopic (exact) mass is 327 g/mol. The highest BCUT2D eigenvalue weighted by molar-refractivity contribution is 5.91. The number of anilines is 1. The van der Waals surface area contributed by atoms with Crippen LogP contribution in [0.5, 0.6) is 5.75 Å². The van der Waals surface area contributed by atoms with Crippen molar-refractivity contribution in [3.63, 3.8) is 0 Å². The van der Waals surface area contributed by atoms with Crippen LogP contribution in [0.4, 0.5) is 10.5 Å². The summed E-state index contributed by atoms with van der Waals surface area (Å²) in [5.41, 5.74) is 1.38. The van der Waals surface area contributed by atoms with E-state index in [-0.39, 0.29) is 19.6 Å². The minimum absolute atomic E-state index is 0.115. The average molecular weight is 327 g/mol. The molecule has 1 aliphatic rings. The van der Waals surface area contributed by atoms with Crippen LogP contribution < -0.4 is 9.64 Å². The highest BCUT2D eigenvalue weighted by atomic mass is 16.6. The Kier molecular flexibility index (Phi) is 4.65. The smallest absolute Gasteiger partial charge is 0.415 e. The maximum absolute atomic E-state index is 12.6. The lowest BCUT2D eigenvalue weighted by molar-refractivity contribution is -0.137. The fraction of sp³-hybridized carbons (Fsp3) is 0.222. The molecular formula is C18H17NO5. The van der Waals surface area contributed by atoms with Gasteiger partial charge in [-0.05, 0) is 17.7 Å². The molecule has 2 aromatic rings. The van der Waals surface area contributed by atoms with Crippen molar-refractivity contribution in [3.8, 4) is 5.75 Å². The third-order valence-corrected chi connectivity index (χ3v) is 3.73. The number of nitrogens with zero attached hydrogens (tertiary/aromatic N) is 1. The van der Waals surface area contributed by atoms with Crippen LogP contribution in [0.3, 0.4) is 0 Å². The van der Waals surface area contributed by atoms with E-state index < -0.39 is 18.1 Å². The minimum atomic E-state index is -0.996. The van der Waals surface area contributed by atoms with Gasteiger partial charge in [-0.1, -0.05) is 42.5 Å². The summed E-state index contributed by atoms with van der Waals surface area (Å²) < 4.78 is 10.9. The first-order valence-corrected chi connectivity index (χ1v) is 7.58. The molecule has 6 nitrogen and oxygen atoms in total. The zero-order valence-corrected chi connectivity index (χ0v) is 12.9. The van der Waals surface area contributed by atoms with Crippen LogP contribution in [0.1, 0.15) is 12.0 Å². The molecule has 1 amide bonds. The second-order valence-electron chi connectivity index (χ2n) is 5.44. The Hall–Kier alpha value is -3.02. The van der Waals surface area contributed by atoms with Crippen LogP contribution in [-0.2, 0) is 16.1 Å². The van der Waals surface area contributed by atoms with Gasteiger partial charge in [-0.25, -0.2) is 4.79 Å². The summed E-state index contributed by atoms with van der Waals surface area (Å²) in [6.07, 6.45) is -0.796. The molecule has 6 heteroatoms. The van der Waals surface area contributed by atoms with E-state index in [2.05, 4.69) is 0 Å². The number of carbonyl (C=O) groups excluding carboxylic acids is 1. The summed E-state index contributed by atoms with van der Waals surface area (Å²) in [5.74, 6) is -0.459. The van der Waals surface area contributed by atoms with Crippen molar-refractivity contribution in [1.82, 2.24) is 0 Å². The maximum Gasteiger partial charge on any atom is 0.415 e. The Labute approximate surface area is 139 Å². The molecular weight excluding hydrogens is 310 g/mol. The first-order chi connectivity index (χ1) is 11.6. The quantitative estimate of drug-likeness (QED) is 0.934. The number of para-hydroxylation sites is 2. The summed E-state index contributed by atoms with van der Waals surface area (Å²) in [7, 11) is 0. The summed E-state index contributed by atoms with van der Waals surface area (Å²) in [6.45, 7) is 0.239. The van der Waals surface area contributed by atoms with Gasteiger partial charge in [0.15, 0.2) is 0 Å². The number of fused-ring (bicyclic) bond motifs is 1. The third-order valence-electron chi connectivity index (χ3n) is 3.73. The number of ether oxygens (including phenoxy) is 2. The van der Waals surface area contributed by atoms with Gasteiger partial charge >= 0.3 is 12.1 Å². The summed E-state index contributed by atoms with van der Waals surface area (Å²) in [4.78, 5) is 25.0. The number of hydrogen-bond acceptors (Lipinski definition) is 4. The summed E-state index contributed by atoms with van der Waals surface area (Å²) in [5, 5.41) is 9.09. The lowest BCUT2D eigenvalue weighted by atomic mass is 10.1. The number of carboxylic acids is 1. The fourth-order valence-electron chi connectivity index (χ4n) is 2.62. The van der Waals surface area contributed by atoms with Gasteiger partial charge in [0, 0.05) is 0 Å². The van der Waals surface area contributed by atoms with Crippen LogP contribution in [0.2, 0.25) is 0 Å². The molecule has 1 atom stereocenters. The van der Waals surface area contributed by atoms with E-state index in [9.17, 15) is 9.59 Å². The highest BCUT2D eigenvalue weighted by Crippen LogP contribution is 2.35. The van der Waals surface area contributed by atoms with Crippen LogP contribution in [0.25, 0.3) is 0 Å². The Balaban J connectivity index is 1.80. The van der Waals surface area contributed by atoms with Gasteiger partial charge in [0.2, 0.25) is 0 Å². The molecule has 1 heterocycles. The van der Waals surface area contributed by atoms with Gasteiger partial charge in [-0.2, -0.15) is 0 Å². The van der Waals surface area contributed by atoms with Crippen LogP contribution in [0.15, 0.2) is 54.6 Å². The standard InChI is InChI=1S/C18H17NO5/c20-17(21)10-14-12-23-16-9-5-4-8-15(16)19(14)18(22)24-11-13-6-2-1-3-7-13/h1-9,14H,10-12H2,(H,20,21). The van der Waals surface area contributed by atoms with Crippen molar-refractivity contribution >= 4 is 17.7 Å². The highest BCUT2D eigenvalue weighted by Gasteiger charge is 2.34. The molecule has 124 valence electrons. The zero-order valence-electron chi connectivity index (χ0n) is 12.9. The van der Waals surface area contributed by atoms with Crippen molar-refractivity contribution < 1.29 is 24.2 Å². The Bertz CT molecular complexity index is 731. The SMILES string of the molecule is O=C(O)CC1COc2ccccc2N1C(=O)OCc1ccccc1. The number of benzene rings is 2. The van der Waals surface area contributed by atoms with E-state index in [0.717, 1.165) is 5.56 Å².